The molecule has 21 heavy (non-hydrogen) atoms. The van der Waals surface area contributed by atoms with Crippen LogP contribution in [0.25, 0.3) is 0 Å². The molecule has 4 heteroatoms. The van der Waals surface area contributed by atoms with Gasteiger partial charge >= 0.3 is 0 Å². The molecule has 2 N–H and O–H groups in total. The monoisotopic (exact) mass is 293 g/mol. The lowest BCUT2D eigenvalue weighted by Gasteiger charge is -2.38. The van der Waals surface area contributed by atoms with Crippen LogP contribution in [0, 0.1) is 13.8 Å². The fraction of sp³-hybridized carbons (Fsp3) is 0.588. The van der Waals surface area contributed by atoms with Crippen LogP contribution in [-0.2, 0) is 4.79 Å². The number of benzene rings is 1. The van der Waals surface area contributed by atoms with Crippen molar-refractivity contribution in [2.75, 3.05) is 6.61 Å². The molecule has 0 saturated carbocycles. The number of nitrogens with one attached hydrogen (secondary N) is 1. The Morgan fingerprint density at radius 3 is 2.43 bits per heavy atom. The van der Waals surface area contributed by atoms with E-state index in [0.717, 1.165) is 11.3 Å². The van der Waals surface area contributed by atoms with Crippen LogP contribution in [0.2, 0.25) is 0 Å². The van der Waals surface area contributed by atoms with Crippen molar-refractivity contribution >= 4 is 5.91 Å². The van der Waals surface area contributed by atoms with E-state index in [1.54, 1.807) is 27.7 Å². The Hall–Kier alpha value is -1.55. The molecule has 0 aliphatic rings. The van der Waals surface area contributed by atoms with Crippen molar-refractivity contribution in [3.05, 3.63) is 29.3 Å². The van der Waals surface area contributed by atoms with Gasteiger partial charge in [0.15, 0.2) is 0 Å². The summed E-state index contributed by atoms with van der Waals surface area (Å²) in [5.41, 5.74) is 0.579. The second kappa shape index (κ2) is 6.48. The smallest absolute Gasteiger partial charge is 0.223 e. The lowest BCUT2D eigenvalue weighted by atomic mass is 9.86. The van der Waals surface area contributed by atoms with Crippen LogP contribution in [0.15, 0.2) is 18.2 Å². The topological polar surface area (TPSA) is 58.6 Å². The lowest BCUT2D eigenvalue weighted by Crippen LogP contribution is -2.57. The van der Waals surface area contributed by atoms with E-state index in [0.29, 0.717) is 6.61 Å². The summed E-state index contributed by atoms with van der Waals surface area (Å²) < 4.78 is 5.67. The van der Waals surface area contributed by atoms with E-state index >= 15 is 0 Å². The van der Waals surface area contributed by atoms with Crippen LogP contribution >= 0.6 is 0 Å². The predicted octanol–water partition coefficient (Wildman–Crippen LogP) is 2.74. The van der Waals surface area contributed by atoms with Gasteiger partial charge in [0.2, 0.25) is 5.91 Å². The normalized spacial score (nSPS) is 12.1. The molecule has 0 aliphatic carbocycles. The molecule has 0 heterocycles. The Morgan fingerprint density at radius 2 is 1.86 bits per heavy atom. The number of aliphatic hydroxyl groups is 1. The summed E-state index contributed by atoms with van der Waals surface area (Å²) >= 11 is 0. The standard InChI is InChI=1S/C17H27NO3/c1-12-8-7-9-14(13(12)2)21-11-10-15(19)18-16(3,4)17(5,6)20/h7-9,20H,10-11H2,1-6H3,(H,18,19). The number of aryl methyl sites for hydroxylation is 1. The van der Waals surface area contributed by atoms with Gasteiger partial charge in [0.25, 0.3) is 0 Å². The molecule has 0 fully saturated rings. The fourth-order valence-corrected chi connectivity index (χ4v) is 1.70. The van der Waals surface area contributed by atoms with Crippen LogP contribution in [0.3, 0.4) is 0 Å². The second-order valence-electron chi connectivity index (χ2n) is 6.53. The first-order valence-electron chi connectivity index (χ1n) is 7.27. The summed E-state index contributed by atoms with van der Waals surface area (Å²) in [5, 5.41) is 12.9. The van der Waals surface area contributed by atoms with Crippen molar-refractivity contribution in [1.29, 1.82) is 0 Å². The van der Waals surface area contributed by atoms with Crippen LogP contribution in [-0.4, -0.2) is 28.8 Å². The number of ether oxygens (including phenoxy) is 1. The molecule has 0 saturated heterocycles. The van der Waals surface area contributed by atoms with Crippen molar-refractivity contribution in [3.63, 3.8) is 0 Å². The van der Waals surface area contributed by atoms with E-state index in [4.69, 9.17) is 4.74 Å². The lowest BCUT2D eigenvalue weighted by molar-refractivity contribution is -0.126. The van der Waals surface area contributed by atoms with Gasteiger partial charge in [-0.2, -0.15) is 0 Å². The summed E-state index contributed by atoms with van der Waals surface area (Å²) in [6.07, 6.45) is 0.257. The highest BCUT2D eigenvalue weighted by Crippen LogP contribution is 2.22. The Labute approximate surface area is 127 Å². The van der Waals surface area contributed by atoms with E-state index in [1.165, 1.54) is 5.56 Å². The van der Waals surface area contributed by atoms with Gasteiger partial charge in [-0.3, -0.25) is 4.79 Å². The Kier molecular flexibility index (Phi) is 5.40. The third kappa shape index (κ3) is 4.74. The molecule has 0 bridgehead atoms. The van der Waals surface area contributed by atoms with Gasteiger partial charge in [-0.15, -0.1) is 0 Å². The number of hydrogen-bond donors (Lipinski definition) is 2. The molecule has 0 spiro atoms. The van der Waals surface area contributed by atoms with Crippen molar-refractivity contribution in [2.24, 2.45) is 0 Å². The van der Waals surface area contributed by atoms with Crippen LogP contribution in [0.1, 0.15) is 45.2 Å². The molecule has 0 unspecified atom stereocenters. The highest BCUT2D eigenvalue weighted by Gasteiger charge is 2.36. The average Bonchev–Trinajstić information content (AvgIpc) is 2.32. The summed E-state index contributed by atoms with van der Waals surface area (Å²) in [4.78, 5) is 11.9. The van der Waals surface area contributed by atoms with E-state index in [2.05, 4.69) is 5.32 Å². The number of amides is 1. The van der Waals surface area contributed by atoms with Crippen LogP contribution in [0.4, 0.5) is 0 Å². The maximum Gasteiger partial charge on any atom is 0.223 e. The van der Waals surface area contributed by atoms with Crippen LogP contribution in [0.5, 0.6) is 5.75 Å². The van der Waals surface area contributed by atoms with Gasteiger partial charge in [-0.25, -0.2) is 0 Å². The SMILES string of the molecule is Cc1cccc(OCCC(=O)NC(C)(C)C(C)(C)O)c1C. The average molecular weight is 293 g/mol. The molecule has 0 aliphatic heterocycles. The third-order valence-corrected chi connectivity index (χ3v) is 4.12. The molecule has 0 atom stereocenters. The maximum absolute atomic E-state index is 11.9. The first-order valence-corrected chi connectivity index (χ1v) is 7.27. The predicted molar refractivity (Wildman–Crippen MR) is 84.5 cm³/mol. The largest absolute Gasteiger partial charge is 0.493 e. The van der Waals surface area contributed by atoms with Crippen molar-refractivity contribution in [3.8, 4) is 5.75 Å². The minimum absolute atomic E-state index is 0.132. The third-order valence-electron chi connectivity index (χ3n) is 4.12. The number of hydrogen-bond acceptors (Lipinski definition) is 3. The van der Waals surface area contributed by atoms with Gasteiger partial charge in [-0.1, -0.05) is 12.1 Å². The summed E-state index contributed by atoms with van der Waals surface area (Å²) in [6.45, 7) is 11.3. The maximum atomic E-state index is 11.9. The number of carbonyl (C=O) groups excluding carboxylic acids is 1. The zero-order valence-corrected chi connectivity index (χ0v) is 13.9. The molecule has 1 aromatic carbocycles. The molecule has 118 valence electrons. The highest BCUT2D eigenvalue weighted by atomic mass is 16.5. The quantitative estimate of drug-likeness (QED) is 0.848. The summed E-state index contributed by atoms with van der Waals surface area (Å²) in [5.74, 6) is 0.678. The fourth-order valence-electron chi connectivity index (χ4n) is 1.70. The summed E-state index contributed by atoms with van der Waals surface area (Å²) in [6, 6.07) is 5.87. The Morgan fingerprint density at radius 1 is 1.24 bits per heavy atom. The molecule has 1 aromatic rings. The van der Waals surface area contributed by atoms with Gasteiger partial charge < -0.3 is 15.2 Å². The van der Waals surface area contributed by atoms with E-state index in [-0.39, 0.29) is 12.3 Å². The Bertz CT molecular complexity index is 501. The minimum atomic E-state index is -0.989. The number of rotatable bonds is 6. The molecule has 0 radical (unpaired) electrons. The first kappa shape index (κ1) is 17.5. The van der Waals surface area contributed by atoms with Crippen molar-refractivity contribution in [2.45, 2.75) is 59.1 Å². The van der Waals surface area contributed by atoms with Gasteiger partial charge in [-0.05, 0) is 58.7 Å². The first-order chi connectivity index (χ1) is 9.54. The van der Waals surface area contributed by atoms with E-state index in [9.17, 15) is 9.90 Å². The summed E-state index contributed by atoms with van der Waals surface area (Å²) in [7, 11) is 0. The van der Waals surface area contributed by atoms with E-state index in [1.807, 2.05) is 32.0 Å². The molecule has 0 aromatic heterocycles. The highest BCUT2D eigenvalue weighted by molar-refractivity contribution is 5.77. The van der Waals surface area contributed by atoms with Gasteiger partial charge in [0.05, 0.1) is 24.2 Å². The van der Waals surface area contributed by atoms with Gasteiger partial charge in [0.1, 0.15) is 5.75 Å². The van der Waals surface area contributed by atoms with Crippen molar-refractivity contribution < 1.29 is 14.6 Å². The van der Waals surface area contributed by atoms with Crippen molar-refractivity contribution in [1.82, 2.24) is 5.32 Å². The minimum Gasteiger partial charge on any atom is -0.493 e. The molecule has 1 rings (SSSR count). The zero-order valence-electron chi connectivity index (χ0n) is 13.9. The second-order valence-corrected chi connectivity index (χ2v) is 6.53. The Balaban J connectivity index is 2.50. The molecule has 1 amide bonds. The molecular weight excluding hydrogens is 266 g/mol. The van der Waals surface area contributed by atoms with Crippen LogP contribution < -0.4 is 10.1 Å². The zero-order chi connectivity index (χ0) is 16.3. The van der Waals surface area contributed by atoms with Gasteiger partial charge in [0, 0.05) is 0 Å². The molecule has 4 nitrogen and oxygen atoms in total. The molecular formula is C17H27NO3. The van der Waals surface area contributed by atoms with E-state index < -0.39 is 11.1 Å². The number of carbonyl (C=O) groups is 1.